The van der Waals surface area contributed by atoms with Gasteiger partial charge in [0, 0.05) is 6.54 Å². The van der Waals surface area contributed by atoms with Gasteiger partial charge in [0.1, 0.15) is 5.75 Å². The van der Waals surface area contributed by atoms with E-state index in [0.717, 1.165) is 18.1 Å². The van der Waals surface area contributed by atoms with E-state index in [-0.39, 0.29) is 19.2 Å². The first-order valence-corrected chi connectivity index (χ1v) is 7.72. The van der Waals surface area contributed by atoms with Crippen LogP contribution < -0.4 is 10.5 Å². The molecule has 0 aliphatic heterocycles. The average molecular weight is 291 g/mol. The van der Waals surface area contributed by atoms with Crippen LogP contribution in [0, 0.1) is 5.92 Å². The van der Waals surface area contributed by atoms with Crippen molar-refractivity contribution in [2.45, 2.75) is 45.4 Å². The lowest BCUT2D eigenvalue weighted by Crippen LogP contribution is -2.15. The average Bonchev–Trinajstić information content (AvgIpc) is 3.24. The summed E-state index contributed by atoms with van der Waals surface area (Å²) >= 11 is 0. The molecule has 0 saturated heterocycles. The van der Waals surface area contributed by atoms with Crippen LogP contribution in [0.5, 0.6) is 5.75 Å². The number of carbonyl (C=O) groups excluding carboxylic acids is 1. The van der Waals surface area contributed by atoms with Gasteiger partial charge in [-0.25, -0.2) is 0 Å². The highest BCUT2D eigenvalue weighted by molar-refractivity contribution is 5.69. The monoisotopic (exact) mass is 291 g/mol. The van der Waals surface area contributed by atoms with Gasteiger partial charge in [0.15, 0.2) is 0 Å². The second-order valence-electron chi connectivity index (χ2n) is 5.95. The summed E-state index contributed by atoms with van der Waals surface area (Å²) in [5.74, 6) is 1.73. The highest BCUT2D eigenvalue weighted by atomic mass is 16.7. The highest BCUT2D eigenvalue weighted by Crippen LogP contribution is 2.38. The fraction of sp³-hybridized carbons (Fsp3) is 0.588. The van der Waals surface area contributed by atoms with Gasteiger partial charge in [-0.05, 0) is 42.2 Å². The maximum absolute atomic E-state index is 11.3. The Morgan fingerprint density at radius 2 is 2.14 bits per heavy atom. The molecule has 1 aliphatic carbocycles. The Hall–Kier alpha value is -1.55. The molecule has 0 unspecified atom stereocenters. The number of nitrogens with two attached hydrogens (primary N) is 1. The number of para-hydroxylation sites is 1. The third-order valence-corrected chi connectivity index (χ3v) is 3.73. The topological polar surface area (TPSA) is 61.5 Å². The third kappa shape index (κ3) is 4.74. The third-order valence-electron chi connectivity index (χ3n) is 3.73. The maximum atomic E-state index is 11.3. The molecule has 2 N–H and O–H groups in total. The predicted molar refractivity (Wildman–Crippen MR) is 82.2 cm³/mol. The van der Waals surface area contributed by atoms with Gasteiger partial charge in [-0.1, -0.05) is 32.0 Å². The van der Waals surface area contributed by atoms with Gasteiger partial charge in [-0.2, -0.15) is 0 Å². The molecule has 0 atom stereocenters. The van der Waals surface area contributed by atoms with Crippen molar-refractivity contribution in [3.63, 3.8) is 0 Å². The van der Waals surface area contributed by atoms with E-state index in [1.54, 1.807) is 0 Å². The van der Waals surface area contributed by atoms with Gasteiger partial charge < -0.3 is 15.2 Å². The van der Waals surface area contributed by atoms with Crippen molar-refractivity contribution in [2.24, 2.45) is 11.7 Å². The van der Waals surface area contributed by atoms with Crippen molar-refractivity contribution in [2.75, 3.05) is 13.3 Å². The van der Waals surface area contributed by atoms with Crippen LogP contribution in [0.4, 0.5) is 0 Å². The minimum atomic E-state index is -0.316. The summed E-state index contributed by atoms with van der Waals surface area (Å²) in [6, 6.07) is 6.28. The normalized spacial score (nSPS) is 14.3. The lowest BCUT2D eigenvalue weighted by molar-refractivity contribution is -0.150. The first-order chi connectivity index (χ1) is 10.1. The van der Waals surface area contributed by atoms with Gasteiger partial charge in [-0.15, -0.1) is 0 Å². The molecule has 1 aliphatic rings. The number of hydrogen-bond donors (Lipinski definition) is 1. The second kappa shape index (κ2) is 7.46. The van der Waals surface area contributed by atoms with Crippen molar-refractivity contribution in [3.8, 4) is 5.75 Å². The van der Waals surface area contributed by atoms with E-state index >= 15 is 0 Å². The van der Waals surface area contributed by atoms with Gasteiger partial charge in [0.05, 0.1) is 6.42 Å². The maximum Gasteiger partial charge on any atom is 0.309 e. The fourth-order valence-electron chi connectivity index (χ4n) is 2.37. The van der Waals surface area contributed by atoms with E-state index in [4.69, 9.17) is 15.2 Å². The van der Waals surface area contributed by atoms with Crippen molar-refractivity contribution < 1.29 is 14.3 Å². The lowest BCUT2D eigenvalue weighted by Gasteiger charge is -2.18. The van der Waals surface area contributed by atoms with Crippen LogP contribution in [0.1, 0.15) is 50.2 Å². The molecule has 1 fully saturated rings. The number of esters is 1. The minimum Gasteiger partial charge on any atom is -0.457 e. The molecule has 0 aromatic heterocycles. The number of carbonyl (C=O) groups is 1. The molecule has 1 aromatic carbocycles. The van der Waals surface area contributed by atoms with Gasteiger partial charge in [-0.3, -0.25) is 4.79 Å². The Kier molecular flexibility index (Phi) is 5.62. The first kappa shape index (κ1) is 15.8. The second-order valence-corrected chi connectivity index (χ2v) is 5.95. The molecule has 1 aromatic rings. The Morgan fingerprint density at radius 3 is 2.76 bits per heavy atom. The van der Waals surface area contributed by atoms with E-state index in [1.807, 2.05) is 0 Å². The number of hydrogen-bond acceptors (Lipinski definition) is 4. The van der Waals surface area contributed by atoms with E-state index in [1.165, 1.54) is 24.0 Å². The Labute approximate surface area is 126 Å². The summed E-state index contributed by atoms with van der Waals surface area (Å²) in [6.45, 7) is 4.54. The van der Waals surface area contributed by atoms with E-state index in [0.29, 0.717) is 12.5 Å². The fourth-order valence-corrected chi connectivity index (χ4v) is 2.37. The highest BCUT2D eigenvalue weighted by Gasteiger charge is 2.24. The van der Waals surface area contributed by atoms with Gasteiger partial charge in [0.2, 0.25) is 6.79 Å². The first-order valence-electron chi connectivity index (χ1n) is 7.72. The molecule has 0 bridgehead atoms. The van der Waals surface area contributed by atoms with Crippen LogP contribution in [0.25, 0.3) is 0 Å². The zero-order valence-electron chi connectivity index (χ0n) is 12.9. The summed E-state index contributed by atoms with van der Waals surface area (Å²) in [7, 11) is 0. The largest absolute Gasteiger partial charge is 0.457 e. The van der Waals surface area contributed by atoms with Crippen LogP contribution in [0.15, 0.2) is 18.2 Å². The quantitative estimate of drug-likeness (QED) is 0.591. The van der Waals surface area contributed by atoms with Crippen molar-refractivity contribution in [1.29, 1.82) is 0 Å². The van der Waals surface area contributed by atoms with E-state index in [2.05, 4.69) is 32.0 Å². The SMILES string of the molecule is CC(C)c1cccc(CC2CC2)c1OCOC(=O)CCN. The Balaban J connectivity index is 2.04. The number of benzene rings is 1. The molecule has 0 amide bonds. The Morgan fingerprint density at radius 1 is 1.38 bits per heavy atom. The summed E-state index contributed by atoms with van der Waals surface area (Å²) in [4.78, 5) is 11.3. The van der Waals surface area contributed by atoms with Gasteiger partial charge >= 0.3 is 5.97 Å². The predicted octanol–water partition coefficient (Wildman–Crippen LogP) is 2.99. The van der Waals surface area contributed by atoms with Crippen LogP contribution in [-0.4, -0.2) is 19.3 Å². The van der Waals surface area contributed by atoms with Crippen molar-refractivity contribution in [1.82, 2.24) is 0 Å². The molecule has 116 valence electrons. The Bertz CT molecular complexity index is 481. The van der Waals surface area contributed by atoms with Gasteiger partial charge in [0.25, 0.3) is 0 Å². The van der Waals surface area contributed by atoms with Crippen LogP contribution in [-0.2, 0) is 16.0 Å². The van der Waals surface area contributed by atoms with Crippen molar-refractivity contribution >= 4 is 5.97 Å². The molecule has 2 rings (SSSR count). The molecule has 1 saturated carbocycles. The van der Waals surface area contributed by atoms with E-state index < -0.39 is 0 Å². The molecule has 4 nitrogen and oxygen atoms in total. The minimum absolute atomic E-state index is 0.0414. The molecule has 4 heteroatoms. The molecule has 21 heavy (non-hydrogen) atoms. The van der Waals surface area contributed by atoms with Crippen LogP contribution in [0.2, 0.25) is 0 Å². The standard InChI is InChI=1S/C17H25NO3/c1-12(2)15-5-3-4-14(10-13-6-7-13)17(15)21-11-20-16(19)8-9-18/h3-5,12-13H,6-11,18H2,1-2H3. The smallest absolute Gasteiger partial charge is 0.309 e. The zero-order chi connectivity index (χ0) is 15.2. The van der Waals surface area contributed by atoms with Crippen LogP contribution >= 0.6 is 0 Å². The van der Waals surface area contributed by atoms with Crippen molar-refractivity contribution in [3.05, 3.63) is 29.3 Å². The summed E-state index contributed by atoms with van der Waals surface area (Å²) in [5.41, 5.74) is 7.71. The summed E-state index contributed by atoms with van der Waals surface area (Å²) in [5, 5.41) is 0. The molecule has 0 heterocycles. The van der Waals surface area contributed by atoms with Crippen LogP contribution in [0.3, 0.4) is 0 Å². The number of rotatable bonds is 8. The zero-order valence-corrected chi connectivity index (χ0v) is 12.9. The number of ether oxygens (including phenoxy) is 2. The summed E-state index contributed by atoms with van der Waals surface area (Å²) in [6.07, 6.45) is 3.88. The lowest BCUT2D eigenvalue weighted by atomic mass is 9.97. The molecular formula is C17H25NO3. The molecule has 0 radical (unpaired) electrons. The molecular weight excluding hydrogens is 266 g/mol. The van der Waals surface area contributed by atoms with E-state index in [9.17, 15) is 4.79 Å². The molecule has 0 spiro atoms. The summed E-state index contributed by atoms with van der Waals surface area (Å²) < 4.78 is 10.8.